The fraction of sp³-hybridized carbons (Fsp3) is 0.476. The highest BCUT2D eigenvalue weighted by atomic mass is 35.5. The van der Waals surface area contributed by atoms with Crippen molar-refractivity contribution in [3.8, 4) is 11.4 Å². The Hall–Kier alpha value is -2.49. The van der Waals surface area contributed by atoms with Crippen LogP contribution in [0.4, 0.5) is 20.7 Å². The van der Waals surface area contributed by atoms with Crippen LogP contribution in [0, 0.1) is 5.82 Å². The third kappa shape index (κ3) is 4.58. The van der Waals surface area contributed by atoms with Crippen LogP contribution < -0.4 is 20.9 Å². The molecule has 2 fully saturated rings. The standard InChI is InChI=1S/C21H25FN6O2.ClH/c1-12-11-30-7-6-28(12)20-16-9-23-10-18(16)26-19(27-20)15-5-4-14(8-17(15)22)25-21(29)24-13-2-3-13;/h4-5,8,12-13,23H,2-3,6-7,9-11H2,1H3,(H2,24,25,29);1H/t12-;/m1./s1. The lowest BCUT2D eigenvalue weighted by Gasteiger charge is -2.35. The number of rotatable bonds is 4. The van der Waals surface area contributed by atoms with Crippen molar-refractivity contribution in [3.63, 3.8) is 0 Å². The average molecular weight is 449 g/mol. The highest BCUT2D eigenvalue weighted by Crippen LogP contribution is 2.31. The number of urea groups is 1. The summed E-state index contributed by atoms with van der Waals surface area (Å²) in [4.78, 5) is 23.5. The van der Waals surface area contributed by atoms with E-state index in [-0.39, 0.29) is 30.5 Å². The Morgan fingerprint density at radius 3 is 2.87 bits per heavy atom. The Kier molecular flexibility index (Phi) is 6.27. The van der Waals surface area contributed by atoms with Crippen LogP contribution in [0.1, 0.15) is 31.0 Å². The topological polar surface area (TPSA) is 91.4 Å². The summed E-state index contributed by atoms with van der Waals surface area (Å²) in [7, 11) is 0. The van der Waals surface area contributed by atoms with Gasteiger partial charge in [0.1, 0.15) is 11.6 Å². The Bertz CT molecular complexity index is 987. The monoisotopic (exact) mass is 448 g/mol. The van der Waals surface area contributed by atoms with Crippen LogP contribution in [0.15, 0.2) is 18.2 Å². The van der Waals surface area contributed by atoms with Crippen molar-refractivity contribution < 1.29 is 13.9 Å². The third-order valence-corrected chi connectivity index (χ3v) is 5.69. The molecule has 3 aliphatic rings. The number of morpholine rings is 1. The van der Waals surface area contributed by atoms with Gasteiger partial charge in [-0.2, -0.15) is 0 Å². The molecule has 31 heavy (non-hydrogen) atoms. The molecule has 1 atom stereocenters. The number of carbonyl (C=O) groups is 1. The fourth-order valence-corrected chi connectivity index (χ4v) is 3.90. The quantitative estimate of drug-likeness (QED) is 0.666. The molecule has 3 heterocycles. The number of nitrogens with zero attached hydrogens (tertiary/aromatic N) is 3. The van der Waals surface area contributed by atoms with Crippen LogP contribution in [0.2, 0.25) is 0 Å². The SMILES string of the molecule is C[C@@H]1COCCN1c1nc(-c2ccc(NC(=O)NC3CC3)cc2F)nc2c1CNC2.Cl. The number of carbonyl (C=O) groups excluding carboxylic acids is 1. The van der Waals surface area contributed by atoms with Gasteiger partial charge in [0.25, 0.3) is 0 Å². The predicted octanol–water partition coefficient (Wildman–Crippen LogP) is 2.82. The number of ether oxygens (including phenoxy) is 1. The summed E-state index contributed by atoms with van der Waals surface area (Å²) in [5.41, 5.74) is 2.70. The van der Waals surface area contributed by atoms with Gasteiger partial charge in [0, 0.05) is 36.9 Å². The maximum Gasteiger partial charge on any atom is 0.319 e. The van der Waals surface area contributed by atoms with Crippen molar-refractivity contribution in [2.45, 2.75) is 44.9 Å². The van der Waals surface area contributed by atoms with E-state index < -0.39 is 5.82 Å². The Morgan fingerprint density at radius 1 is 1.29 bits per heavy atom. The zero-order valence-electron chi connectivity index (χ0n) is 17.3. The smallest absolute Gasteiger partial charge is 0.319 e. The molecule has 1 aromatic carbocycles. The number of benzene rings is 1. The lowest BCUT2D eigenvalue weighted by molar-refractivity contribution is 0.0984. The van der Waals surface area contributed by atoms with Crippen LogP contribution in [-0.2, 0) is 17.8 Å². The van der Waals surface area contributed by atoms with Crippen molar-refractivity contribution in [2.24, 2.45) is 0 Å². The van der Waals surface area contributed by atoms with Gasteiger partial charge in [-0.15, -0.1) is 12.4 Å². The molecule has 2 aliphatic heterocycles. The molecule has 0 radical (unpaired) electrons. The zero-order valence-corrected chi connectivity index (χ0v) is 18.1. The van der Waals surface area contributed by atoms with Crippen LogP contribution in [0.3, 0.4) is 0 Å². The summed E-state index contributed by atoms with van der Waals surface area (Å²) in [5.74, 6) is 0.741. The van der Waals surface area contributed by atoms with Crippen LogP contribution >= 0.6 is 12.4 Å². The molecular formula is C21H26ClFN6O2. The molecule has 2 amide bonds. The Morgan fingerprint density at radius 2 is 2.13 bits per heavy atom. The van der Waals surface area contributed by atoms with Crippen LogP contribution in [0.25, 0.3) is 11.4 Å². The molecule has 1 aliphatic carbocycles. The number of fused-ring (bicyclic) bond motifs is 1. The molecule has 3 N–H and O–H groups in total. The number of nitrogens with one attached hydrogen (secondary N) is 3. The molecule has 0 unspecified atom stereocenters. The largest absolute Gasteiger partial charge is 0.377 e. The molecule has 0 bridgehead atoms. The van der Waals surface area contributed by atoms with E-state index in [1.54, 1.807) is 12.1 Å². The van der Waals surface area contributed by atoms with E-state index in [2.05, 4.69) is 32.8 Å². The lowest BCUT2D eigenvalue weighted by Crippen LogP contribution is -2.44. The van der Waals surface area contributed by atoms with E-state index in [9.17, 15) is 9.18 Å². The number of hydrogen-bond donors (Lipinski definition) is 3. The summed E-state index contributed by atoms with van der Waals surface area (Å²) in [6.07, 6.45) is 1.99. The summed E-state index contributed by atoms with van der Waals surface area (Å²) in [6.45, 7) is 5.47. The van der Waals surface area contributed by atoms with Gasteiger partial charge in [-0.05, 0) is 38.0 Å². The first-order valence-corrected chi connectivity index (χ1v) is 10.4. The molecule has 2 aromatic rings. The van der Waals surface area contributed by atoms with Gasteiger partial charge < -0.3 is 25.6 Å². The van der Waals surface area contributed by atoms with E-state index in [1.807, 2.05) is 0 Å². The molecule has 5 rings (SSSR count). The van der Waals surface area contributed by atoms with Crippen molar-refractivity contribution >= 4 is 29.9 Å². The number of anilines is 2. The van der Waals surface area contributed by atoms with E-state index in [0.29, 0.717) is 43.4 Å². The number of halogens is 2. The Balaban J connectivity index is 0.00000231. The second-order valence-electron chi connectivity index (χ2n) is 8.08. The summed E-state index contributed by atoms with van der Waals surface area (Å²) in [6, 6.07) is 4.73. The highest BCUT2D eigenvalue weighted by molar-refractivity contribution is 5.90. The van der Waals surface area contributed by atoms with E-state index >= 15 is 0 Å². The van der Waals surface area contributed by atoms with Gasteiger partial charge in [0.2, 0.25) is 0 Å². The third-order valence-electron chi connectivity index (χ3n) is 5.69. The fourth-order valence-electron chi connectivity index (χ4n) is 3.90. The van der Waals surface area contributed by atoms with Crippen molar-refractivity contribution in [3.05, 3.63) is 35.3 Å². The first kappa shape index (κ1) is 21.7. The van der Waals surface area contributed by atoms with Crippen molar-refractivity contribution in [2.75, 3.05) is 30.0 Å². The molecule has 8 nitrogen and oxygen atoms in total. The molecular weight excluding hydrogens is 423 g/mol. The number of aromatic nitrogens is 2. The average Bonchev–Trinajstić information content (AvgIpc) is 3.40. The maximum atomic E-state index is 15.0. The minimum atomic E-state index is -0.467. The minimum absolute atomic E-state index is 0. The lowest BCUT2D eigenvalue weighted by atomic mass is 10.1. The van der Waals surface area contributed by atoms with Gasteiger partial charge in [-0.3, -0.25) is 0 Å². The Labute approximate surface area is 186 Å². The van der Waals surface area contributed by atoms with Crippen molar-refractivity contribution in [1.29, 1.82) is 0 Å². The van der Waals surface area contributed by atoms with E-state index in [4.69, 9.17) is 9.72 Å². The van der Waals surface area contributed by atoms with Gasteiger partial charge >= 0.3 is 6.03 Å². The molecule has 1 saturated carbocycles. The van der Waals surface area contributed by atoms with Gasteiger partial charge in [0.15, 0.2) is 5.82 Å². The zero-order chi connectivity index (χ0) is 20.7. The predicted molar refractivity (Wildman–Crippen MR) is 118 cm³/mol. The summed E-state index contributed by atoms with van der Waals surface area (Å²) < 4.78 is 20.5. The number of amides is 2. The molecule has 10 heteroatoms. The van der Waals surface area contributed by atoms with E-state index in [1.165, 1.54) is 6.07 Å². The normalized spacial score (nSPS) is 20.1. The van der Waals surface area contributed by atoms with Gasteiger partial charge in [0.05, 0.1) is 30.5 Å². The highest BCUT2D eigenvalue weighted by Gasteiger charge is 2.28. The van der Waals surface area contributed by atoms with Gasteiger partial charge in [-0.1, -0.05) is 0 Å². The minimum Gasteiger partial charge on any atom is -0.377 e. The van der Waals surface area contributed by atoms with E-state index in [0.717, 1.165) is 36.5 Å². The van der Waals surface area contributed by atoms with Crippen molar-refractivity contribution in [1.82, 2.24) is 20.6 Å². The molecule has 166 valence electrons. The molecule has 0 spiro atoms. The second-order valence-corrected chi connectivity index (χ2v) is 8.08. The number of hydrogen-bond acceptors (Lipinski definition) is 6. The van der Waals surface area contributed by atoms with Crippen LogP contribution in [0.5, 0.6) is 0 Å². The first-order valence-electron chi connectivity index (χ1n) is 10.4. The van der Waals surface area contributed by atoms with Crippen LogP contribution in [-0.4, -0.2) is 47.8 Å². The summed E-state index contributed by atoms with van der Waals surface area (Å²) >= 11 is 0. The first-order chi connectivity index (χ1) is 14.6. The van der Waals surface area contributed by atoms with Gasteiger partial charge in [-0.25, -0.2) is 19.2 Å². The second kappa shape index (κ2) is 8.94. The molecule has 1 aromatic heterocycles. The molecule has 1 saturated heterocycles. The maximum absolute atomic E-state index is 15.0. The summed E-state index contributed by atoms with van der Waals surface area (Å²) in [5, 5.41) is 8.82.